The third-order valence-electron chi connectivity index (χ3n) is 4.11. The van der Waals surface area contributed by atoms with Crippen molar-refractivity contribution in [3.05, 3.63) is 39.6 Å². The minimum absolute atomic E-state index is 0.652. The average Bonchev–Trinajstić information content (AvgIpc) is 3.18. The Labute approximate surface area is 140 Å². The van der Waals surface area contributed by atoms with Gasteiger partial charge in [-0.1, -0.05) is 0 Å². The SMILES string of the molecule is CC1=CN(N)C2=NCN(CCOCCCc3nccs3)C2=C1C. The van der Waals surface area contributed by atoms with Gasteiger partial charge in [-0.2, -0.15) is 0 Å². The van der Waals surface area contributed by atoms with Gasteiger partial charge in [-0.25, -0.2) is 15.8 Å². The summed E-state index contributed by atoms with van der Waals surface area (Å²) in [6, 6.07) is 0. The molecule has 0 saturated carbocycles. The van der Waals surface area contributed by atoms with Crippen LogP contribution in [0.1, 0.15) is 25.3 Å². The van der Waals surface area contributed by atoms with Crippen LogP contribution in [0, 0.1) is 0 Å². The summed E-state index contributed by atoms with van der Waals surface area (Å²) >= 11 is 1.70. The molecule has 0 unspecified atom stereocenters. The second kappa shape index (κ2) is 7.25. The van der Waals surface area contributed by atoms with Gasteiger partial charge < -0.3 is 9.64 Å². The first kappa shape index (κ1) is 16.2. The molecule has 0 atom stereocenters. The largest absolute Gasteiger partial charge is 0.380 e. The molecule has 0 bridgehead atoms. The van der Waals surface area contributed by atoms with Crippen molar-refractivity contribution in [2.45, 2.75) is 26.7 Å². The third-order valence-corrected chi connectivity index (χ3v) is 4.95. The number of fused-ring (bicyclic) bond motifs is 1. The van der Waals surface area contributed by atoms with E-state index in [1.54, 1.807) is 16.3 Å². The highest BCUT2D eigenvalue weighted by Crippen LogP contribution is 2.28. The van der Waals surface area contributed by atoms with Crippen LogP contribution < -0.4 is 5.84 Å². The van der Waals surface area contributed by atoms with E-state index in [0.29, 0.717) is 13.3 Å². The van der Waals surface area contributed by atoms with E-state index in [1.807, 2.05) is 17.8 Å². The van der Waals surface area contributed by atoms with Crippen molar-refractivity contribution in [3.63, 3.8) is 0 Å². The van der Waals surface area contributed by atoms with Gasteiger partial charge in [0.25, 0.3) is 0 Å². The number of hydrogen-bond acceptors (Lipinski definition) is 7. The molecule has 0 saturated heterocycles. The molecule has 3 heterocycles. The normalized spacial score (nSPS) is 17.5. The lowest BCUT2D eigenvalue weighted by Crippen LogP contribution is -2.39. The molecular weight excluding hydrogens is 310 g/mol. The van der Waals surface area contributed by atoms with E-state index in [4.69, 9.17) is 10.6 Å². The van der Waals surface area contributed by atoms with Crippen LogP contribution in [0.15, 0.2) is 39.6 Å². The zero-order valence-electron chi connectivity index (χ0n) is 13.7. The number of nitrogens with two attached hydrogens (primary N) is 1. The Morgan fingerprint density at radius 2 is 2.22 bits per heavy atom. The van der Waals surface area contributed by atoms with E-state index in [9.17, 15) is 0 Å². The molecule has 6 nitrogen and oxygen atoms in total. The molecule has 0 aliphatic carbocycles. The number of aromatic nitrogens is 1. The number of hydrazine groups is 1. The third kappa shape index (κ3) is 3.63. The van der Waals surface area contributed by atoms with Crippen LogP contribution in [0.5, 0.6) is 0 Å². The molecule has 1 aromatic heterocycles. The van der Waals surface area contributed by atoms with Crippen molar-refractivity contribution < 1.29 is 4.74 Å². The van der Waals surface area contributed by atoms with Gasteiger partial charge >= 0.3 is 0 Å². The molecule has 0 radical (unpaired) electrons. The monoisotopic (exact) mass is 333 g/mol. The van der Waals surface area contributed by atoms with Crippen molar-refractivity contribution in [2.24, 2.45) is 10.8 Å². The fourth-order valence-corrected chi connectivity index (χ4v) is 3.43. The smallest absolute Gasteiger partial charge is 0.168 e. The van der Waals surface area contributed by atoms with Crippen LogP contribution in [-0.2, 0) is 11.2 Å². The van der Waals surface area contributed by atoms with Gasteiger partial charge in [-0.3, -0.25) is 5.01 Å². The minimum atomic E-state index is 0.652. The summed E-state index contributed by atoms with van der Waals surface area (Å²) in [5.74, 6) is 6.86. The summed E-state index contributed by atoms with van der Waals surface area (Å²) in [5.41, 5.74) is 3.56. The molecule has 7 heteroatoms. The molecular formula is C16H23N5OS. The van der Waals surface area contributed by atoms with E-state index in [-0.39, 0.29) is 0 Å². The number of hydrogen-bond donors (Lipinski definition) is 1. The van der Waals surface area contributed by atoms with Crippen LogP contribution in [0.4, 0.5) is 0 Å². The fraction of sp³-hybridized carbons (Fsp3) is 0.500. The average molecular weight is 333 g/mol. The molecule has 3 rings (SSSR count). The highest BCUT2D eigenvalue weighted by molar-refractivity contribution is 7.09. The highest BCUT2D eigenvalue weighted by Gasteiger charge is 2.29. The fourth-order valence-electron chi connectivity index (χ4n) is 2.76. The van der Waals surface area contributed by atoms with E-state index < -0.39 is 0 Å². The molecule has 2 aliphatic rings. The predicted octanol–water partition coefficient (Wildman–Crippen LogP) is 2.13. The Balaban J connectivity index is 1.43. The number of aryl methyl sites for hydroxylation is 1. The molecule has 0 spiro atoms. The van der Waals surface area contributed by atoms with Gasteiger partial charge in [0.05, 0.1) is 17.3 Å². The lowest BCUT2D eigenvalue weighted by atomic mass is 10.0. The first-order valence-corrected chi connectivity index (χ1v) is 8.74. The molecule has 23 heavy (non-hydrogen) atoms. The van der Waals surface area contributed by atoms with E-state index >= 15 is 0 Å². The van der Waals surface area contributed by atoms with Crippen molar-refractivity contribution in [1.82, 2.24) is 14.9 Å². The summed E-state index contributed by atoms with van der Waals surface area (Å²) in [4.78, 5) is 11.0. The predicted molar refractivity (Wildman–Crippen MR) is 92.7 cm³/mol. The number of amidine groups is 1. The Kier molecular flexibility index (Phi) is 5.09. The summed E-state index contributed by atoms with van der Waals surface area (Å²) in [5, 5.41) is 4.81. The van der Waals surface area contributed by atoms with Crippen LogP contribution in [0.25, 0.3) is 0 Å². The standard InChI is InChI=1S/C16H23N5OS/c1-12-10-21(17)16-15(13(12)2)20(11-19-16)6-8-22-7-3-4-14-18-5-9-23-14/h5,9-10H,3-4,6-8,11,17H2,1-2H3. The molecule has 0 aromatic carbocycles. The maximum atomic E-state index is 6.00. The second-order valence-electron chi connectivity index (χ2n) is 5.72. The first-order valence-electron chi connectivity index (χ1n) is 7.86. The quantitative estimate of drug-likeness (QED) is 0.611. The van der Waals surface area contributed by atoms with Crippen molar-refractivity contribution >= 4 is 17.2 Å². The highest BCUT2D eigenvalue weighted by atomic mass is 32.1. The van der Waals surface area contributed by atoms with Crippen LogP contribution >= 0.6 is 11.3 Å². The summed E-state index contributed by atoms with van der Waals surface area (Å²) in [6.07, 6.45) is 5.78. The van der Waals surface area contributed by atoms with E-state index in [0.717, 1.165) is 37.5 Å². The molecule has 124 valence electrons. The number of thiazole rings is 1. The number of nitrogens with zero attached hydrogens (tertiary/aromatic N) is 4. The lowest BCUT2D eigenvalue weighted by molar-refractivity contribution is 0.115. The van der Waals surface area contributed by atoms with Crippen LogP contribution in [0.3, 0.4) is 0 Å². The summed E-state index contributed by atoms with van der Waals surface area (Å²) < 4.78 is 5.76. The zero-order chi connectivity index (χ0) is 16.2. The second-order valence-corrected chi connectivity index (χ2v) is 6.70. The van der Waals surface area contributed by atoms with Crippen molar-refractivity contribution in [2.75, 3.05) is 26.4 Å². The topological polar surface area (TPSA) is 67.0 Å². The van der Waals surface area contributed by atoms with E-state index in [1.165, 1.54) is 16.2 Å². The first-order chi connectivity index (χ1) is 11.2. The van der Waals surface area contributed by atoms with Gasteiger partial charge in [0.2, 0.25) is 0 Å². The van der Waals surface area contributed by atoms with Crippen LogP contribution in [0.2, 0.25) is 0 Å². The number of allylic oxidation sites excluding steroid dienone is 2. The molecule has 2 aliphatic heterocycles. The summed E-state index contributed by atoms with van der Waals surface area (Å²) in [7, 11) is 0. The lowest BCUT2D eigenvalue weighted by Gasteiger charge is -2.28. The molecule has 1 aromatic rings. The van der Waals surface area contributed by atoms with Gasteiger partial charge in [-0.05, 0) is 31.4 Å². The Hall–Kier alpha value is -1.70. The summed E-state index contributed by atoms with van der Waals surface area (Å²) in [6.45, 7) is 7.14. The number of rotatable bonds is 7. The maximum absolute atomic E-state index is 6.00. The molecule has 2 N–H and O–H groups in total. The Bertz CT molecular complexity index is 635. The number of ether oxygens (including phenoxy) is 1. The Morgan fingerprint density at radius 1 is 1.35 bits per heavy atom. The van der Waals surface area contributed by atoms with Gasteiger partial charge in [0.15, 0.2) is 5.84 Å². The van der Waals surface area contributed by atoms with Gasteiger partial charge in [0, 0.05) is 37.3 Å². The van der Waals surface area contributed by atoms with Gasteiger partial charge in [0.1, 0.15) is 6.67 Å². The molecule has 0 amide bonds. The van der Waals surface area contributed by atoms with E-state index in [2.05, 4.69) is 28.7 Å². The molecule has 0 fully saturated rings. The van der Waals surface area contributed by atoms with Crippen molar-refractivity contribution in [1.29, 1.82) is 0 Å². The van der Waals surface area contributed by atoms with Gasteiger partial charge in [-0.15, -0.1) is 11.3 Å². The maximum Gasteiger partial charge on any atom is 0.168 e. The van der Waals surface area contributed by atoms with Crippen LogP contribution in [-0.4, -0.2) is 47.2 Å². The van der Waals surface area contributed by atoms with Crippen molar-refractivity contribution in [3.8, 4) is 0 Å². The Morgan fingerprint density at radius 3 is 3.00 bits per heavy atom. The minimum Gasteiger partial charge on any atom is -0.380 e. The number of aliphatic imine (C=N–C) groups is 1. The zero-order valence-corrected chi connectivity index (χ0v) is 14.5.